The van der Waals surface area contributed by atoms with E-state index in [1.165, 1.54) is 0 Å². The molecule has 2 rings (SSSR count). The Kier molecular flexibility index (Phi) is 3.31. The molecule has 1 heterocycles. The van der Waals surface area contributed by atoms with Crippen LogP contribution < -0.4 is 4.74 Å². The zero-order valence-corrected chi connectivity index (χ0v) is 10.2. The van der Waals surface area contributed by atoms with Crippen molar-refractivity contribution in [2.24, 2.45) is 7.05 Å². The quantitative estimate of drug-likeness (QED) is 0.896. The van der Waals surface area contributed by atoms with Gasteiger partial charge < -0.3 is 9.84 Å². The van der Waals surface area contributed by atoms with Crippen molar-refractivity contribution >= 4 is 0 Å². The first-order valence-electron chi connectivity index (χ1n) is 5.49. The highest BCUT2D eigenvalue weighted by atomic mass is 16.5. The molecule has 0 bridgehead atoms. The molecule has 18 heavy (non-hydrogen) atoms. The minimum absolute atomic E-state index is 0.469. The fraction of sp³-hybridized carbons (Fsp3) is 0.231. The summed E-state index contributed by atoms with van der Waals surface area (Å²) < 4.78 is 7.26. The average molecular weight is 243 g/mol. The number of aryl methyl sites for hydroxylation is 1. The van der Waals surface area contributed by atoms with Gasteiger partial charge in [-0.15, -0.1) is 0 Å². The molecule has 0 amide bonds. The molecule has 5 heteroatoms. The summed E-state index contributed by atoms with van der Waals surface area (Å²) in [6, 6.07) is 6.99. The van der Waals surface area contributed by atoms with E-state index in [-0.39, 0.29) is 0 Å². The molecule has 1 aromatic carbocycles. The fourth-order valence-corrected chi connectivity index (χ4v) is 1.62. The van der Waals surface area contributed by atoms with Crippen LogP contribution in [0.4, 0.5) is 0 Å². The Morgan fingerprint density at radius 2 is 2.28 bits per heavy atom. The number of rotatable bonds is 3. The van der Waals surface area contributed by atoms with E-state index in [0.717, 1.165) is 0 Å². The Labute approximate surface area is 105 Å². The predicted molar refractivity (Wildman–Crippen MR) is 65.1 cm³/mol. The summed E-state index contributed by atoms with van der Waals surface area (Å²) in [6.45, 7) is 1.65. The largest absolute Gasteiger partial charge is 0.454 e. The number of nitrogens with zero attached hydrogens (tertiary/aromatic N) is 3. The number of benzene rings is 1. The van der Waals surface area contributed by atoms with E-state index in [2.05, 4.69) is 5.10 Å². The molecule has 1 N–H and O–H groups in total. The second-order valence-corrected chi connectivity index (χ2v) is 3.99. The lowest BCUT2D eigenvalue weighted by molar-refractivity contribution is 0.195. The molecule has 0 spiro atoms. The maximum Gasteiger partial charge on any atom is 0.165 e. The molecule has 0 fully saturated rings. The van der Waals surface area contributed by atoms with E-state index in [1.807, 2.05) is 6.07 Å². The zero-order chi connectivity index (χ0) is 13.1. The SMILES string of the molecule is C[C@H](O)c1ccc(C#N)cc1Oc1cnn(C)c1. The van der Waals surface area contributed by atoms with Gasteiger partial charge in [0.2, 0.25) is 0 Å². The summed E-state index contributed by atoms with van der Waals surface area (Å²) in [7, 11) is 1.79. The van der Waals surface area contributed by atoms with Crippen molar-refractivity contribution in [3.05, 3.63) is 41.7 Å². The molecule has 0 aliphatic heterocycles. The number of ether oxygens (including phenoxy) is 1. The van der Waals surface area contributed by atoms with Crippen LogP contribution in [-0.2, 0) is 7.05 Å². The van der Waals surface area contributed by atoms with Gasteiger partial charge in [0, 0.05) is 12.6 Å². The van der Waals surface area contributed by atoms with Crippen LogP contribution in [0.2, 0.25) is 0 Å². The standard InChI is InChI=1S/C13H13N3O2/c1-9(17)12-4-3-10(6-14)5-13(12)18-11-7-15-16(2)8-11/h3-5,7-9,17H,1-2H3/t9-/m0/s1. The minimum Gasteiger partial charge on any atom is -0.454 e. The third kappa shape index (κ3) is 2.50. The van der Waals surface area contributed by atoms with E-state index < -0.39 is 6.10 Å². The lowest BCUT2D eigenvalue weighted by Crippen LogP contribution is -1.96. The van der Waals surface area contributed by atoms with E-state index in [9.17, 15) is 5.11 Å². The van der Waals surface area contributed by atoms with Gasteiger partial charge in [-0.3, -0.25) is 4.68 Å². The van der Waals surface area contributed by atoms with Crippen molar-refractivity contribution in [2.45, 2.75) is 13.0 Å². The molecule has 0 saturated heterocycles. The van der Waals surface area contributed by atoms with Crippen LogP contribution in [0.25, 0.3) is 0 Å². The molecule has 0 unspecified atom stereocenters. The van der Waals surface area contributed by atoms with Crippen molar-refractivity contribution in [3.8, 4) is 17.6 Å². The summed E-state index contributed by atoms with van der Waals surface area (Å²) in [5.74, 6) is 1.03. The first-order valence-corrected chi connectivity index (χ1v) is 5.49. The van der Waals surface area contributed by atoms with E-state index in [0.29, 0.717) is 22.6 Å². The predicted octanol–water partition coefficient (Wildman–Crippen LogP) is 2.14. The second kappa shape index (κ2) is 4.90. The summed E-state index contributed by atoms with van der Waals surface area (Å²) in [4.78, 5) is 0. The van der Waals surface area contributed by atoms with Gasteiger partial charge in [-0.05, 0) is 19.1 Å². The monoisotopic (exact) mass is 243 g/mol. The van der Waals surface area contributed by atoms with Crippen LogP contribution in [0, 0.1) is 11.3 Å². The number of aliphatic hydroxyl groups excluding tert-OH is 1. The van der Waals surface area contributed by atoms with Gasteiger partial charge in [0.15, 0.2) is 5.75 Å². The highest BCUT2D eigenvalue weighted by Gasteiger charge is 2.11. The number of nitriles is 1. The first-order chi connectivity index (χ1) is 8.60. The Morgan fingerprint density at radius 3 is 2.83 bits per heavy atom. The Balaban J connectivity index is 2.38. The van der Waals surface area contributed by atoms with Gasteiger partial charge in [-0.1, -0.05) is 6.07 Å². The summed E-state index contributed by atoms with van der Waals surface area (Å²) in [5.41, 5.74) is 1.12. The fourth-order valence-electron chi connectivity index (χ4n) is 1.62. The number of aromatic nitrogens is 2. The third-order valence-corrected chi connectivity index (χ3v) is 2.50. The highest BCUT2D eigenvalue weighted by molar-refractivity contribution is 5.45. The normalized spacial score (nSPS) is 11.9. The van der Waals surface area contributed by atoms with Crippen LogP contribution in [0.5, 0.6) is 11.5 Å². The zero-order valence-electron chi connectivity index (χ0n) is 10.2. The molecule has 5 nitrogen and oxygen atoms in total. The van der Waals surface area contributed by atoms with Crippen molar-refractivity contribution in [2.75, 3.05) is 0 Å². The third-order valence-electron chi connectivity index (χ3n) is 2.50. The molecular formula is C13H13N3O2. The molecule has 0 saturated carbocycles. The molecule has 2 aromatic rings. The Morgan fingerprint density at radius 1 is 1.50 bits per heavy atom. The van der Waals surface area contributed by atoms with Gasteiger partial charge >= 0.3 is 0 Å². The maximum atomic E-state index is 9.67. The molecule has 1 aromatic heterocycles. The van der Waals surface area contributed by atoms with Gasteiger partial charge in [-0.25, -0.2) is 0 Å². The van der Waals surface area contributed by atoms with Gasteiger partial charge in [0.1, 0.15) is 5.75 Å². The van der Waals surface area contributed by atoms with Crippen LogP contribution in [0.15, 0.2) is 30.6 Å². The van der Waals surface area contributed by atoms with Gasteiger partial charge in [0.05, 0.1) is 30.1 Å². The van der Waals surface area contributed by atoms with Crippen LogP contribution in [-0.4, -0.2) is 14.9 Å². The molecule has 1 atom stereocenters. The number of aliphatic hydroxyl groups is 1. The van der Waals surface area contributed by atoms with Crippen molar-refractivity contribution in [1.29, 1.82) is 5.26 Å². The van der Waals surface area contributed by atoms with Crippen LogP contribution in [0.3, 0.4) is 0 Å². The second-order valence-electron chi connectivity index (χ2n) is 3.99. The van der Waals surface area contributed by atoms with E-state index in [1.54, 1.807) is 49.2 Å². The molecule has 0 aliphatic carbocycles. The smallest absolute Gasteiger partial charge is 0.165 e. The highest BCUT2D eigenvalue weighted by Crippen LogP contribution is 2.30. The molecule has 92 valence electrons. The van der Waals surface area contributed by atoms with Crippen LogP contribution >= 0.6 is 0 Å². The lowest BCUT2D eigenvalue weighted by Gasteiger charge is -2.12. The lowest BCUT2D eigenvalue weighted by atomic mass is 10.1. The topological polar surface area (TPSA) is 71.1 Å². The van der Waals surface area contributed by atoms with E-state index in [4.69, 9.17) is 10.00 Å². The number of hydrogen-bond acceptors (Lipinski definition) is 4. The van der Waals surface area contributed by atoms with Crippen molar-refractivity contribution in [3.63, 3.8) is 0 Å². The minimum atomic E-state index is -0.663. The average Bonchev–Trinajstić information content (AvgIpc) is 2.74. The number of hydrogen-bond donors (Lipinski definition) is 1. The Hall–Kier alpha value is -2.32. The summed E-state index contributed by atoms with van der Waals surface area (Å²) >= 11 is 0. The van der Waals surface area contributed by atoms with Gasteiger partial charge in [-0.2, -0.15) is 10.4 Å². The van der Waals surface area contributed by atoms with Crippen molar-refractivity contribution < 1.29 is 9.84 Å². The Bertz CT molecular complexity index is 597. The molecule has 0 radical (unpaired) electrons. The molecular weight excluding hydrogens is 230 g/mol. The van der Waals surface area contributed by atoms with Crippen LogP contribution in [0.1, 0.15) is 24.2 Å². The van der Waals surface area contributed by atoms with E-state index >= 15 is 0 Å². The first kappa shape index (κ1) is 12.1. The van der Waals surface area contributed by atoms with Gasteiger partial charge in [0.25, 0.3) is 0 Å². The summed E-state index contributed by atoms with van der Waals surface area (Å²) in [5, 5.41) is 22.5. The summed E-state index contributed by atoms with van der Waals surface area (Å²) in [6.07, 6.45) is 2.62. The van der Waals surface area contributed by atoms with Crippen molar-refractivity contribution in [1.82, 2.24) is 9.78 Å². The molecule has 0 aliphatic rings. The maximum absolute atomic E-state index is 9.67.